The molecule has 2 saturated heterocycles. The van der Waals surface area contributed by atoms with E-state index in [1.807, 2.05) is 0 Å². The lowest BCUT2D eigenvalue weighted by molar-refractivity contribution is -0.123. The summed E-state index contributed by atoms with van der Waals surface area (Å²) in [6.45, 7) is 3.65. The molecular formula is C15H18Cl2N4O3. The van der Waals surface area contributed by atoms with E-state index in [9.17, 15) is 9.59 Å². The summed E-state index contributed by atoms with van der Waals surface area (Å²) in [7, 11) is 0. The van der Waals surface area contributed by atoms with Gasteiger partial charge in [0.05, 0.1) is 13.2 Å². The van der Waals surface area contributed by atoms with Gasteiger partial charge < -0.3 is 10.1 Å². The number of nitrogens with zero attached hydrogens (tertiary/aromatic N) is 2. The minimum absolute atomic E-state index is 0.0614. The normalized spacial score (nSPS) is 24.8. The molecule has 1 aromatic heterocycles. The Morgan fingerprint density at radius 3 is 2.58 bits per heavy atom. The van der Waals surface area contributed by atoms with E-state index in [1.54, 1.807) is 0 Å². The van der Waals surface area contributed by atoms with Gasteiger partial charge in [0.2, 0.25) is 5.91 Å². The average Bonchev–Trinajstić information content (AvgIpc) is 3.04. The van der Waals surface area contributed by atoms with Crippen LogP contribution in [0.4, 0.5) is 0 Å². The van der Waals surface area contributed by atoms with Gasteiger partial charge in [-0.15, -0.1) is 0 Å². The van der Waals surface area contributed by atoms with Crippen LogP contribution in [0.25, 0.3) is 0 Å². The van der Waals surface area contributed by atoms with Gasteiger partial charge in [-0.1, -0.05) is 23.2 Å². The molecule has 2 fully saturated rings. The molecule has 1 aromatic rings. The molecule has 0 radical (unpaired) electrons. The second kappa shape index (κ2) is 7.76. The number of hydrogen-bond acceptors (Lipinski definition) is 6. The van der Waals surface area contributed by atoms with E-state index < -0.39 is 11.9 Å². The van der Waals surface area contributed by atoms with Crippen molar-refractivity contribution in [1.82, 2.24) is 20.5 Å². The Kier molecular flexibility index (Phi) is 5.68. The molecule has 24 heavy (non-hydrogen) atoms. The maximum Gasteiger partial charge on any atom is 0.258 e. The number of morpholine rings is 1. The van der Waals surface area contributed by atoms with Gasteiger partial charge in [0.15, 0.2) is 0 Å². The third-order valence-corrected chi connectivity index (χ3v) is 4.64. The summed E-state index contributed by atoms with van der Waals surface area (Å²) in [5.41, 5.74) is 0.203. The third-order valence-electron chi connectivity index (χ3n) is 4.25. The molecule has 2 aliphatic heterocycles. The molecule has 130 valence electrons. The van der Waals surface area contributed by atoms with Crippen LogP contribution in [0.15, 0.2) is 12.1 Å². The number of halogens is 2. The molecule has 2 atom stereocenters. The molecule has 2 aliphatic rings. The van der Waals surface area contributed by atoms with E-state index in [0.717, 1.165) is 26.1 Å². The van der Waals surface area contributed by atoms with Crippen LogP contribution in [-0.2, 0) is 9.53 Å². The van der Waals surface area contributed by atoms with Gasteiger partial charge in [-0.3, -0.25) is 19.8 Å². The van der Waals surface area contributed by atoms with E-state index >= 15 is 0 Å². The first-order chi connectivity index (χ1) is 11.5. The summed E-state index contributed by atoms with van der Waals surface area (Å²) in [5, 5.41) is 5.79. The average molecular weight is 373 g/mol. The molecule has 3 rings (SSSR count). The van der Waals surface area contributed by atoms with Gasteiger partial charge in [0, 0.05) is 24.7 Å². The number of aromatic nitrogens is 1. The number of imide groups is 1. The third kappa shape index (κ3) is 4.04. The van der Waals surface area contributed by atoms with E-state index in [1.165, 1.54) is 12.1 Å². The second-order valence-corrected chi connectivity index (χ2v) is 6.53. The standard InChI is InChI=1S/C15H18Cl2N4O3/c16-11-7-9(8-12(17)19-11)14(22)20-15(23)13-10(1-2-18-13)21-3-5-24-6-4-21/h7-8,10,13,18H,1-6H2,(H,20,22,23)/t10?,13-/m1/s1. The lowest BCUT2D eigenvalue weighted by atomic mass is 10.1. The fraction of sp³-hybridized carbons (Fsp3) is 0.533. The zero-order valence-corrected chi connectivity index (χ0v) is 14.4. The molecule has 3 heterocycles. The Balaban J connectivity index is 1.65. The van der Waals surface area contributed by atoms with Gasteiger partial charge in [0.1, 0.15) is 16.3 Å². The summed E-state index contributed by atoms with van der Waals surface area (Å²) < 4.78 is 5.35. The number of carbonyl (C=O) groups excluding carboxylic acids is 2. The Labute approximate surface area is 149 Å². The zero-order valence-electron chi connectivity index (χ0n) is 12.9. The van der Waals surface area contributed by atoms with E-state index in [0.29, 0.717) is 13.2 Å². The van der Waals surface area contributed by atoms with E-state index in [2.05, 4.69) is 20.5 Å². The van der Waals surface area contributed by atoms with E-state index in [-0.39, 0.29) is 27.8 Å². The molecule has 9 heteroatoms. The number of pyridine rings is 1. The van der Waals surface area contributed by atoms with Gasteiger partial charge in [-0.05, 0) is 25.1 Å². The number of carbonyl (C=O) groups is 2. The fourth-order valence-corrected chi connectivity index (χ4v) is 3.58. The lowest BCUT2D eigenvalue weighted by Gasteiger charge is -2.34. The van der Waals surface area contributed by atoms with Crippen LogP contribution in [0, 0.1) is 0 Å². The van der Waals surface area contributed by atoms with Crippen LogP contribution in [0.3, 0.4) is 0 Å². The first-order valence-electron chi connectivity index (χ1n) is 7.78. The Morgan fingerprint density at radius 2 is 1.92 bits per heavy atom. The predicted molar refractivity (Wildman–Crippen MR) is 89.3 cm³/mol. The van der Waals surface area contributed by atoms with Crippen LogP contribution < -0.4 is 10.6 Å². The van der Waals surface area contributed by atoms with Crippen LogP contribution in [0.5, 0.6) is 0 Å². The van der Waals surface area contributed by atoms with Crippen LogP contribution in [0.1, 0.15) is 16.8 Å². The van der Waals surface area contributed by atoms with Gasteiger partial charge >= 0.3 is 0 Å². The number of amides is 2. The quantitative estimate of drug-likeness (QED) is 0.600. The van der Waals surface area contributed by atoms with Crippen molar-refractivity contribution >= 4 is 35.0 Å². The monoisotopic (exact) mass is 372 g/mol. The Bertz CT molecular complexity index is 617. The molecule has 2 N–H and O–H groups in total. The summed E-state index contributed by atoms with van der Waals surface area (Å²) in [6, 6.07) is 2.38. The topological polar surface area (TPSA) is 83.6 Å². The molecule has 7 nitrogen and oxygen atoms in total. The van der Waals surface area contributed by atoms with Crippen LogP contribution in [0.2, 0.25) is 10.3 Å². The Hall–Kier alpha value is -1.25. The van der Waals surface area contributed by atoms with Crippen molar-refractivity contribution in [2.75, 3.05) is 32.8 Å². The molecule has 0 bridgehead atoms. The zero-order chi connectivity index (χ0) is 17.1. The van der Waals surface area contributed by atoms with Crippen LogP contribution in [-0.4, -0.2) is 66.6 Å². The lowest BCUT2D eigenvalue weighted by Crippen LogP contribution is -2.55. The minimum atomic E-state index is -0.541. The Morgan fingerprint density at radius 1 is 1.25 bits per heavy atom. The molecule has 2 amide bonds. The minimum Gasteiger partial charge on any atom is -0.379 e. The van der Waals surface area contributed by atoms with Crippen molar-refractivity contribution in [1.29, 1.82) is 0 Å². The van der Waals surface area contributed by atoms with Gasteiger partial charge in [-0.25, -0.2) is 4.98 Å². The van der Waals surface area contributed by atoms with Crippen molar-refractivity contribution in [3.63, 3.8) is 0 Å². The summed E-state index contributed by atoms with van der Waals surface area (Å²) in [4.78, 5) is 30.8. The van der Waals surface area contributed by atoms with Gasteiger partial charge in [-0.2, -0.15) is 0 Å². The van der Waals surface area contributed by atoms with Crippen molar-refractivity contribution in [3.05, 3.63) is 28.0 Å². The maximum atomic E-state index is 12.5. The molecular weight excluding hydrogens is 355 g/mol. The van der Waals surface area contributed by atoms with Crippen molar-refractivity contribution in [3.8, 4) is 0 Å². The van der Waals surface area contributed by atoms with Crippen molar-refractivity contribution in [2.45, 2.75) is 18.5 Å². The summed E-state index contributed by atoms with van der Waals surface area (Å²) >= 11 is 11.6. The fourth-order valence-electron chi connectivity index (χ4n) is 3.12. The molecule has 0 aliphatic carbocycles. The number of rotatable bonds is 3. The smallest absolute Gasteiger partial charge is 0.258 e. The largest absolute Gasteiger partial charge is 0.379 e. The van der Waals surface area contributed by atoms with Crippen molar-refractivity contribution < 1.29 is 14.3 Å². The highest BCUT2D eigenvalue weighted by atomic mass is 35.5. The van der Waals surface area contributed by atoms with Crippen molar-refractivity contribution in [2.24, 2.45) is 0 Å². The predicted octanol–water partition coefficient (Wildman–Crippen LogP) is 0.708. The molecule has 0 spiro atoms. The molecule has 0 aromatic carbocycles. The van der Waals surface area contributed by atoms with Crippen LogP contribution >= 0.6 is 23.2 Å². The summed E-state index contributed by atoms with van der Waals surface area (Å²) in [6.07, 6.45) is 0.860. The van der Waals surface area contributed by atoms with Gasteiger partial charge in [0.25, 0.3) is 5.91 Å². The first kappa shape index (κ1) is 17.6. The molecule has 0 saturated carbocycles. The number of ether oxygens (including phenoxy) is 1. The first-order valence-corrected chi connectivity index (χ1v) is 8.53. The number of hydrogen-bond donors (Lipinski definition) is 2. The van der Waals surface area contributed by atoms with E-state index in [4.69, 9.17) is 27.9 Å². The summed E-state index contributed by atoms with van der Waals surface area (Å²) in [5.74, 6) is -0.890. The highest BCUT2D eigenvalue weighted by Gasteiger charge is 2.37. The number of nitrogens with one attached hydrogen (secondary N) is 2. The SMILES string of the molecule is O=C(NC(=O)[C@@H]1NCCC1N1CCOCC1)c1cc(Cl)nc(Cl)c1. The maximum absolute atomic E-state index is 12.5. The molecule has 1 unspecified atom stereocenters. The highest BCUT2D eigenvalue weighted by Crippen LogP contribution is 2.18. The highest BCUT2D eigenvalue weighted by molar-refractivity contribution is 6.33. The second-order valence-electron chi connectivity index (χ2n) is 5.76.